The van der Waals surface area contributed by atoms with Crippen molar-refractivity contribution in [3.05, 3.63) is 0 Å². The van der Waals surface area contributed by atoms with E-state index in [-0.39, 0.29) is 6.10 Å². The predicted octanol–water partition coefficient (Wildman–Crippen LogP) is 4.02. The lowest BCUT2D eigenvalue weighted by molar-refractivity contribution is -0.0701. The molecule has 5 unspecified atom stereocenters. The minimum Gasteiger partial charge on any atom is -0.393 e. The zero-order chi connectivity index (χ0) is 11.8. The van der Waals surface area contributed by atoms with Gasteiger partial charge in [0.2, 0.25) is 0 Å². The van der Waals surface area contributed by atoms with Gasteiger partial charge in [0.25, 0.3) is 0 Å². The summed E-state index contributed by atoms with van der Waals surface area (Å²) in [7, 11) is 0. The lowest BCUT2D eigenvalue weighted by Gasteiger charge is -2.51. The van der Waals surface area contributed by atoms with Gasteiger partial charge in [-0.1, -0.05) is 35.4 Å². The Hall–Kier alpha value is 0.690. The fraction of sp³-hybridized carbons (Fsp3) is 1.00. The first-order chi connectivity index (χ1) is 8.29. The standard InChI is InChI=1S/C15H25IO/c16-9-10-5-6-12-11(7-10)8-15(17)14-4-2-1-3-13(12)14/h10-15,17H,1-9H2/t10?,11?,12?,13?,14?,15-/m0/s1. The average molecular weight is 348 g/mol. The summed E-state index contributed by atoms with van der Waals surface area (Å²) in [5.74, 6) is 4.33. The van der Waals surface area contributed by atoms with Crippen LogP contribution in [-0.2, 0) is 0 Å². The second-order valence-electron chi connectivity index (χ2n) is 6.67. The summed E-state index contributed by atoms with van der Waals surface area (Å²) in [4.78, 5) is 0. The molecule has 0 aromatic rings. The van der Waals surface area contributed by atoms with Gasteiger partial charge in [-0.3, -0.25) is 0 Å². The van der Waals surface area contributed by atoms with Crippen molar-refractivity contribution < 1.29 is 5.11 Å². The Labute approximate surface area is 119 Å². The topological polar surface area (TPSA) is 20.2 Å². The van der Waals surface area contributed by atoms with Crippen LogP contribution in [0.4, 0.5) is 0 Å². The molecule has 3 aliphatic carbocycles. The maximum absolute atomic E-state index is 10.4. The van der Waals surface area contributed by atoms with E-state index in [4.69, 9.17) is 0 Å². The van der Waals surface area contributed by atoms with Crippen LogP contribution in [-0.4, -0.2) is 15.6 Å². The fourth-order valence-electron chi connectivity index (χ4n) is 5.04. The zero-order valence-electron chi connectivity index (χ0n) is 10.7. The molecule has 0 radical (unpaired) electrons. The molecule has 1 N–H and O–H groups in total. The fourth-order valence-corrected chi connectivity index (χ4v) is 5.84. The molecule has 98 valence electrons. The third-order valence-corrected chi connectivity index (χ3v) is 7.08. The van der Waals surface area contributed by atoms with Crippen molar-refractivity contribution in [1.29, 1.82) is 0 Å². The van der Waals surface area contributed by atoms with Gasteiger partial charge in [-0.25, -0.2) is 0 Å². The maximum Gasteiger partial charge on any atom is 0.0573 e. The second-order valence-corrected chi connectivity index (χ2v) is 7.55. The molecule has 0 aromatic heterocycles. The monoisotopic (exact) mass is 348 g/mol. The number of halogens is 1. The smallest absolute Gasteiger partial charge is 0.0573 e. The summed E-state index contributed by atoms with van der Waals surface area (Å²) in [6, 6.07) is 0. The van der Waals surface area contributed by atoms with Gasteiger partial charge < -0.3 is 5.11 Å². The molecule has 3 fully saturated rings. The van der Waals surface area contributed by atoms with Crippen LogP contribution in [0.1, 0.15) is 51.4 Å². The van der Waals surface area contributed by atoms with E-state index in [9.17, 15) is 5.11 Å². The van der Waals surface area contributed by atoms with Gasteiger partial charge in [-0.15, -0.1) is 0 Å². The first kappa shape index (κ1) is 12.7. The lowest BCUT2D eigenvalue weighted by Crippen LogP contribution is -2.46. The van der Waals surface area contributed by atoms with Crippen LogP contribution >= 0.6 is 22.6 Å². The van der Waals surface area contributed by atoms with Crippen molar-refractivity contribution in [2.45, 2.75) is 57.5 Å². The first-order valence-corrected chi connectivity index (χ1v) is 9.06. The van der Waals surface area contributed by atoms with Crippen LogP contribution in [0.15, 0.2) is 0 Å². The van der Waals surface area contributed by atoms with Crippen LogP contribution in [0.5, 0.6) is 0 Å². The summed E-state index contributed by atoms with van der Waals surface area (Å²) in [6.07, 6.45) is 11.0. The number of hydrogen-bond donors (Lipinski definition) is 1. The molecule has 0 spiro atoms. The largest absolute Gasteiger partial charge is 0.393 e. The highest BCUT2D eigenvalue weighted by molar-refractivity contribution is 14.1. The van der Waals surface area contributed by atoms with E-state index < -0.39 is 0 Å². The van der Waals surface area contributed by atoms with Crippen LogP contribution in [0.25, 0.3) is 0 Å². The van der Waals surface area contributed by atoms with Crippen LogP contribution < -0.4 is 0 Å². The van der Waals surface area contributed by atoms with Crippen molar-refractivity contribution in [3.8, 4) is 0 Å². The van der Waals surface area contributed by atoms with Crippen molar-refractivity contribution in [2.24, 2.45) is 29.6 Å². The van der Waals surface area contributed by atoms with Crippen LogP contribution in [0.2, 0.25) is 0 Å². The van der Waals surface area contributed by atoms with E-state index in [1.807, 2.05) is 0 Å². The maximum atomic E-state index is 10.4. The molecule has 2 heteroatoms. The summed E-state index contributed by atoms with van der Waals surface area (Å²) in [5, 5.41) is 10.4. The molecule has 0 amide bonds. The molecule has 0 aliphatic heterocycles. The average Bonchev–Trinajstić information content (AvgIpc) is 2.38. The molecule has 0 bridgehead atoms. The Balaban J connectivity index is 1.73. The summed E-state index contributed by atoms with van der Waals surface area (Å²) in [5.41, 5.74) is 0. The van der Waals surface area contributed by atoms with E-state index in [1.54, 1.807) is 0 Å². The molecule has 0 heterocycles. The Bertz CT molecular complexity index is 268. The molecule has 3 rings (SSSR count). The Morgan fingerprint density at radius 3 is 2.41 bits per heavy atom. The Morgan fingerprint density at radius 2 is 1.65 bits per heavy atom. The minimum absolute atomic E-state index is 0.0366. The molecular weight excluding hydrogens is 323 g/mol. The van der Waals surface area contributed by atoms with E-state index in [0.717, 1.165) is 30.1 Å². The van der Waals surface area contributed by atoms with Gasteiger partial charge in [0.1, 0.15) is 0 Å². The molecule has 0 aromatic carbocycles. The first-order valence-electron chi connectivity index (χ1n) is 7.53. The van der Waals surface area contributed by atoms with Crippen molar-refractivity contribution >= 4 is 22.6 Å². The van der Waals surface area contributed by atoms with E-state index >= 15 is 0 Å². The Kier molecular flexibility index (Phi) is 4.01. The van der Waals surface area contributed by atoms with Gasteiger partial charge in [-0.2, -0.15) is 0 Å². The molecule has 1 nitrogen and oxygen atoms in total. The molecule has 0 saturated heterocycles. The van der Waals surface area contributed by atoms with Crippen LogP contribution in [0, 0.1) is 29.6 Å². The van der Waals surface area contributed by atoms with E-state index in [1.165, 1.54) is 49.4 Å². The molecule has 6 atom stereocenters. The van der Waals surface area contributed by atoms with Gasteiger partial charge in [-0.05, 0) is 68.1 Å². The minimum atomic E-state index is 0.0366. The normalized spacial score (nSPS) is 50.5. The van der Waals surface area contributed by atoms with Crippen molar-refractivity contribution in [3.63, 3.8) is 0 Å². The number of fused-ring (bicyclic) bond motifs is 3. The summed E-state index contributed by atoms with van der Waals surface area (Å²) >= 11 is 2.55. The number of rotatable bonds is 1. The number of aliphatic hydroxyl groups excluding tert-OH is 1. The third-order valence-electron chi connectivity index (χ3n) is 5.83. The zero-order valence-corrected chi connectivity index (χ0v) is 12.8. The number of hydrogen-bond acceptors (Lipinski definition) is 1. The number of alkyl halides is 1. The molecular formula is C15H25IO. The highest BCUT2D eigenvalue weighted by Crippen LogP contribution is 2.52. The van der Waals surface area contributed by atoms with Crippen LogP contribution in [0.3, 0.4) is 0 Å². The van der Waals surface area contributed by atoms with Gasteiger partial charge >= 0.3 is 0 Å². The lowest BCUT2D eigenvalue weighted by atomic mass is 9.56. The highest BCUT2D eigenvalue weighted by atomic mass is 127. The second kappa shape index (κ2) is 5.36. The molecule has 17 heavy (non-hydrogen) atoms. The number of aliphatic hydroxyl groups is 1. The van der Waals surface area contributed by atoms with Gasteiger partial charge in [0.15, 0.2) is 0 Å². The SMILES string of the molecule is O[C@H]1CC2CC(CI)CCC2C2CCCCC21. The van der Waals surface area contributed by atoms with Crippen molar-refractivity contribution in [2.75, 3.05) is 4.43 Å². The van der Waals surface area contributed by atoms with E-state index in [2.05, 4.69) is 22.6 Å². The highest BCUT2D eigenvalue weighted by Gasteiger charge is 2.46. The molecule has 3 aliphatic rings. The molecule has 3 saturated carbocycles. The quantitative estimate of drug-likeness (QED) is 0.560. The van der Waals surface area contributed by atoms with Gasteiger partial charge in [0, 0.05) is 4.43 Å². The summed E-state index contributed by atoms with van der Waals surface area (Å²) in [6.45, 7) is 0. The predicted molar refractivity (Wildman–Crippen MR) is 79.3 cm³/mol. The van der Waals surface area contributed by atoms with Gasteiger partial charge in [0.05, 0.1) is 6.10 Å². The van der Waals surface area contributed by atoms with E-state index in [0.29, 0.717) is 5.92 Å². The third kappa shape index (κ3) is 2.41. The van der Waals surface area contributed by atoms with Crippen molar-refractivity contribution in [1.82, 2.24) is 0 Å². The Morgan fingerprint density at radius 1 is 0.882 bits per heavy atom. The summed E-state index contributed by atoms with van der Waals surface area (Å²) < 4.78 is 1.32.